The molecule has 0 radical (unpaired) electrons. The second-order valence-corrected chi connectivity index (χ2v) is 7.04. The van der Waals surface area contributed by atoms with Gasteiger partial charge in [0, 0.05) is 0 Å². The maximum absolute atomic E-state index is 12.1. The number of aliphatic imine (C=N–C) groups is 1. The highest BCUT2D eigenvalue weighted by atomic mass is 32.3. The van der Waals surface area contributed by atoms with E-state index in [4.69, 9.17) is 17.0 Å². The number of hydrogen-bond donors (Lipinski definition) is 0. The van der Waals surface area contributed by atoms with Crippen molar-refractivity contribution in [3.63, 3.8) is 0 Å². The van der Waals surface area contributed by atoms with Crippen LogP contribution in [0.2, 0.25) is 0 Å². The molecule has 1 fully saturated rings. The Hall–Kier alpha value is -1.12. The van der Waals surface area contributed by atoms with Crippen LogP contribution in [0.15, 0.2) is 35.3 Å². The van der Waals surface area contributed by atoms with Gasteiger partial charge in [0.05, 0.1) is 12.3 Å². The molecule has 0 atom stereocenters. The van der Waals surface area contributed by atoms with Gasteiger partial charge < -0.3 is 4.74 Å². The van der Waals surface area contributed by atoms with Crippen LogP contribution in [0.4, 0.5) is 5.69 Å². The molecule has 19 heavy (non-hydrogen) atoms. The van der Waals surface area contributed by atoms with E-state index in [1.54, 1.807) is 31.2 Å². The first-order valence-electron chi connectivity index (χ1n) is 5.51. The maximum atomic E-state index is 12.1. The number of rotatable bonds is 2. The summed E-state index contributed by atoms with van der Waals surface area (Å²) < 4.78 is 30.4. The molecule has 0 unspecified atom stereocenters. The number of thioether (sulfide) groups is 1. The van der Waals surface area contributed by atoms with Crippen molar-refractivity contribution in [3.8, 4) is 0 Å². The molecular weight excluding hydrogens is 304 g/mol. The minimum absolute atomic E-state index is 0.0445. The molecular formula is C11H12N2O3S3. The number of sulfonamides is 1. The number of nitrogens with zero attached hydrogens (tertiary/aromatic N) is 2. The van der Waals surface area contributed by atoms with Crippen molar-refractivity contribution in [3.05, 3.63) is 30.3 Å². The summed E-state index contributed by atoms with van der Waals surface area (Å²) in [6.45, 7) is 2.19. The van der Waals surface area contributed by atoms with E-state index >= 15 is 0 Å². The zero-order chi connectivity index (χ0) is 13.9. The average molecular weight is 316 g/mol. The van der Waals surface area contributed by atoms with Gasteiger partial charge >= 0.3 is 0 Å². The predicted molar refractivity (Wildman–Crippen MR) is 82.0 cm³/mol. The molecule has 0 saturated carbocycles. The van der Waals surface area contributed by atoms with E-state index in [0.29, 0.717) is 17.5 Å². The van der Waals surface area contributed by atoms with Crippen molar-refractivity contribution in [2.45, 2.75) is 6.92 Å². The Labute approximate surface area is 121 Å². The zero-order valence-corrected chi connectivity index (χ0v) is 12.6. The van der Waals surface area contributed by atoms with Gasteiger partial charge in [0.15, 0.2) is 5.17 Å². The molecule has 0 spiro atoms. The molecule has 0 N–H and O–H groups in total. The van der Waals surface area contributed by atoms with Gasteiger partial charge in [-0.15, -0.1) is 0 Å². The molecule has 1 aromatic rings. The lowest BCUT2D eigenvalue weighted by molar-refractivity contribution is 0.332. The Bertz CT molecular complexity index is 599. The monoisotopic (exact) mass is 316 g/mol. The van der Waals surface area contributed by atoms with Gasteiger partial charge in [0.1, 0.15) is 5.08 Å². The van der Waals surface area contributed by atoms with Crippen LogP contribution in [0.3, 0.4) is 0 Å². The molecule has 0 aromatic heterocycles. The number of ether oxygens (including phenoxy) is 1. The maximum Gasteiger partial charge on any atom is 0.285 e. The van der Waals surface area contributed by atoms with E-state index in [1.165, 1.54) is 4.31 Å². The number of benzene rings is 1. The molecule has 0 aliphatic carbocycles. The lowest BCUT2D eigenvalue weighted by atomic mass is 10.3. The third-order valence-electron chi connectivity index (χ3n) is 2.23. The first kappa shape index (κ1) is 14.3. The van der Waals surface area contributed by atoms with Gasteiger partial charge in [-0.2, -0.15) is 4.99 Å². The Morgan fingerprint density at radius 1 is 1.47 bits per heavy atom. The SMILES string of the molecule is CCOC(=S)/N=C1/SCS(=O)(=O)N1c1ccccc1. The third kappa shape index (κ3) is 3.26. The summed E-state index contributed by atoms with van der Waals surface area (Å²) in [4.78, 5) is 4.05. The zero-order valence-electron chi connectivity index (χ0n) is 10.1. The summed E-state index contributed by atoms with van der Waals surface area (Å²) in [5.41, 5.74) is 0.547. The van der Waals surface area contributed by atoms with Crippen LogP contribution >= 0.6 is 24.0 Å². The molecule has 0 amide bonds. The molecule has 102 valence electrons. The molecule has 0 bridgehead atoms. The van der Waals surface area contributed by atoms with Crippen LogP contribution in [0.5, 0.6) is 0 Å². The molecule has 8 heteroatoms. The van der Waals surface area contributed by atoms with Crippen molar-refractivity contribution in [2.24, 2.45) is 4.99 Å². The van der Waals surface area contributed by atoms with E-state index in [2.05, 4.69) is 4.99 Å². The summed E-state index contributed by atoms with van der Waals surface area (Å²) in [5.74, 6) is 0. The topological polar surface area (TPSA) is 59.0 Å². The van der Waals surface area contributed by atoms with Crippen molar-refractivity contribution in [1.82, 2.24) is 0 Å². The Balaban J connectivity index is 2.38. The Morgan fingerprint density at radius 2 is 2.16 bits per heavy atom. The fourth-order valence-electron chi connectivity index (χ4n) is 1.50. The highest BCUT2D eigenvalue weighted by Crippen LogP contribution is 2.31. The fourth-order valence-corrected chi connectivity index (χ4v) is 4.80. The largest absolute Gasteiger partial charge is 0.470 e. The van der Waals surface area contributed by atoms with E-state index in [0.717, 1.165) is 11.8 Å². The van der Waals surface area contributed by atoms with Crippen molar-refractivity contribution in [1.29, 1.82) is 0 Å². The summed E-state index contributed by atoms with van der Waals surface area (Å²) >= 11 is 6.05. The van der Waals surface area contributed by atoms with Gasteiger partial charge in [-0.25, -0.2) is 12.7 Å². The van der Waals surface area contributed by atoms with Gasteiger partial charge in [-0.1, -0.05) is 30.0 Å². The van der Waals surface area contributed by atoms with E-state index in [-0.39, 0.29) is 10.3 Å². The first-order chi connectivity index (χ1) is 9.04. The minimum atomic E-state index is -3.40. The quantitative estimate of drug-likeness (QED) is 0.783. The number of hydrogen-bond acceptors (Lipinski definition) is 5. The molecule has 1 saturated heterocycles. The Kier molecular flexibility index (Phi) is 4.43. The lowest BCUT2D eigenvalue weighted by Gasteiger charge is -2.16. The van der Waals surface area contributed by atoms with E-state index in [9.17, 15) is 8.42 Å². The Morgan fingerprint density at radius 3 is 2.79 bits per heavy atom. The minimum Gasteiger partial charge on any atom is -0.470 e. The third-order valence-corrected chi connectivity index (χ3v) is 5.69. The van der Waals surface area contributed by atoms with Crippen LogP contribution in [-0.4, -0.2) is 30.5 Å². The number of thiocarbonyl (C=S) groups is 1. The number of amidine groups is 1. The van der Waals surface area contributed by atoms with E-state index < -0.39 is 10.0 Å². The second-order valence-electron chi connectivity index (χ2n) is 3.57. The second kappa shape index (κ2) is 5.89. The molecule has 2 rings (SSSR count). The van der Waals surface area contributed by atoms with Crippen LogP contribution in [0.1, 0.15) is 6.92 Å². The fraction of sp³-hybridized carbons (Fsp3) is 0.273. The van der Waals surface area contributed by atoms with Gasteiger partial charge in [0.2, 0.25) is 0 Å². The first-order valence-corrected chi connectivity index (χ1v) is 8.51. The van der Waals surface area contributed by atoms with Crippen LogP contribution in [0.25, 0.3) is 0 Å². The molecule has 1 aliphatic heterocycles. The highest BCUT2D eigenvalue weighted by molar-refractivity contribution is 8.27. The van der Waals surface area contributed by atoms with Crippen LogP contribution in [0, 0.1) is 0 Å². The normalized spacial score (nSPS) is 19.6. The van der Waals surface area contributed by atoms with Gasteiger partial charge in [-0.3, -0.25) is 0 Å². The van der Waals surface area contributed by atoms with Crippen LogP contribution < -0.4 is 4.31 Å². The standard InChI is InChI=1S/C11H12N2O3S3/c1-2-16-11(17)12-10-13(19(14,15)8-18-10)9-6-4-3-5-7-9/h3-7H,2,8H2,1H3/b12-10+. The van der Waals surface area contributed by atoms with Crippen LogP contribution in [-0.2, 0) is 14.8 Å². The van der Waals surface area contributed by atoms with Gasteiger partial charge in [0.25, 0.3) is 15.2 Å². The summed E-state index contributed by atoms with van der Waals surface area (Å²) in [6.07, 6.45) is 0. The van der Waals surface area contributed by atoms with Crippen molar-refractivity contribution >= 4 is 50.0 Å². The predicted octanol–water partition coefficient (Wildman–Crippen LogP) is 2.20. The smallest absolute Gasteiger partial charge is 0.285 e. The summed E-state index contributed by atoms with van der Waals surface area (Å²) in [6, 6.07) is 8.78. The summed E-state index contributed by atoms with van der Waals surface area (Å²) in [7, 11) is -3.40. The average Bonchev–Trinajstić information content (AvgIpc) is 2.66. The molecule has 5 nitrogen and oxygen atoms in total. The number of anilines is 1. The molecule has 1 aromatic carbocycles. The van der Waals surface area contributed by atoms with Gasteiger partial charge in [-0.05, 0) is 31.3 Å². The molecule has 1 heterocycles. The van der Waals surface area contributed by atoms with Crippen molar-refractivity contribution in [2.75, 3.05) is 16.0 Å². The lowest BCUT2D eigenvalue weighted by Crippen LogP contribution is -2.29. The van der Waals surface area contributed by atoms with E-state index in [1.807, 2.05) is 6.07 Å². The number of para-hydroxylation sites is 1. The highest BCUT2D eigenvalue weighted by Gasteiger charge is 2.35. The summed E-state index contributed by atoms with van der Waals surface area (Å²) in [5, 5.41) is 0.322. The molecule has 1 aliphatic rings. The van der Waals surface area contributed by atoms with Crippen molar-refractivity contribution < 1.29 is 13.2 Å².